The molecule has 0 aliphatic carbocycles. The lowest BCUT2D eigenvalue weighted by Crippen LogP contribution is -2.09. The monoisotopic (exact) mass is 235 g/mol. The van der Waals surface area contributed by atoms with Crippen LogP contribution in [0.5, 0.6) is 5.75 Å². The van der Waals surface area contributed by atoms with Crippen molar-refractivity contribution in [3.05, 3.63) is 23.8 Å². The van der Waals surface area contributed by atoms with Crippen molar-refractivity contribution in [2.24, 2.45) is 0 Å². The molecule has 90 valence electrons. The fourth-order valence-corrected chi connectivity index (χ4v) is 1.36. The summed E-state index contributed by atoms with van der Waals surface area (Å²) in [6.07, 6.45) is 0.372. The number of methoxy groups -OCH3 is 1. The molecule has 1 amide bonds. The number of rotatable bonds is 5. The van der Waals surface area contributed by atoms with Crippen LogP contribution in [0.2, 0.25) is 0 Å². The summed E-state index contributed by atoms with van der Waals surface area (Å²) in [5.41, 5.74) is 0.776. The van der Waals surface area contributed by atoms with Gasteiger partial charge in [0.1, 0.15) is 12.0 Å². The maximum absolute atomic E-state index is 11.5. The molecule has 0 saturated carbocycles. The molecule has 1 rings (SSSR count). The summed E-state index contributed by atoms with van der Waals surface area (Å²) in [5, 5.41) is 2.56. The minimum atomic E-state index is -0.297. The Balaban J connectivity index is 3.07. The van der Waals surface area contributed by atoms with Crippen LogP contribution < -0.4 is 10.1 Å². The largest absolute Gasteiger partial charge is 0.495 e. The van der Waals surface area contributed by atoms with Crippen molar-refractivity contribution in [1.82, 2.24) is 0 Å². The average Bonchev–Trinajstić information content (AvgIpc) is 2.28. The van der Waals surface area contributed by atoms with Crippen LogP contribution in [0.3, 0.4) is 0 Å². The highest BCUT2D eigenvalue weighted by molar-refractivity contribution is 6.04. The lowest BCUT2D eigenvalue weighted by Gasteiger charge is -2.10. The molecule has 5 nitrogen and oxygen atoms in total. The zero-order valence-corrected chi connectivity index (χ0v) is 9.65. The third kappa shape index (κ3) is 3.41. The maximum atomic E-state index is 11.5. The smallest absolute Gasteiger partial charge is 0.221 e. The summed E-state index contributed by atoms with van der Waals surface area (Å²) < 4.78 is 5.05. The highest BCUT2D eigenvalue weighted by atomic mass is 16.5. The van der Waals surface area contributed by atoms with E-state index in [1.165, 1.54) is 20.1 Å². The van der Waals surface area contributed by atoms with E-state index in [0.717, 1.165) is 0 Å². The summed E-state index contributed by atoms with van der Waals surface area (Å²) in [6.45, 7) is 1.36. The van der Waals surface area contributed by atoms with Crippen molar-refractivity contribution >= 4 is 23.7 Å². The van der Waals surface area contributed by atoms with Crippen LogP contribution in [0.1, 0.15) is 23.7 Å². The van der Waals surface area contributed by atoms with Gasteiger partial charge in [-0.15, -0.1) is 0 Å². The van der Waals surface area contributed by atoms with Gasteiger partial charge in [0, 0.05) is 12.5 Å². The number of ketones is 1. The quantitative estimate of drug-likeness (QED) is 0.476. The van der Waals surface area contributed by atoms with Gasteiger partial charge >= 0.3 is 0 Å². The molecule has 0 heterocycles. The molecule has 0 atom stereocenters. The van der Waals surface area contributed by atoms with Gasteiger partial charge < -0.3 is 14.8 Å². The average molecular weight is 235 g/mol. The molecule has 0 aliphatic heterocycles. The Morgan fingerprint density at radius 1 is 1.41 bits per heavy atom. The number of Topliss-reactive ketones (excluding diaryl/α,β-unsaturated/α-hetero) is 1. The van der Waals surface area contributed by atoms with E-state index in [1.54, 1.807) is 12.1 Å². The van der Waals surface area contributed by atoms with Gasteiger partial charge in [-0.2, -0.15) is 0 Å². The molecule has 0 saturated heterocycles. The first-order valence-corrected chi connectivity index (χ1v) is 5.01. The standard InChI is InChI=1S/C12H13NO4/c1-8(15)13-10-7-9(11(16)5-6-14)3-4-12(10)17-2/h3-4,6-7H,5H2,1-2H3,(H,13,15). The predicted molar refractivity (Wildman–Crippen MR) is 62.3 cm³/mol. The maximum Gasteiger partial charge on any atom is 0.221 e. The number of nitrogens with one attached hydrogen (secondary N) is 1. The summed E-state index contributed by atoms with van der Waals surface area (Å²) in [7, 11) is 1.47. The zero-order valence-electron chi connectivity index (χ0n) is 9.65. The number of carbonyl (C=O) groups is 3. The Kier molecular flexibility index (Phi) is 4.39. The summed E-state index contributed by atoms with van der Waals surface area (Å²) >= 11 is 0. The third-order valence-corrected chi connectivity index (χ3v) is 2.10. The van der Waals surface area contributed by atoms with Gasteiger partial charge in [-0.1, -0.05) is 0 Å². The lowest BCUT2D eigenvalue weighted by molar-refractivity contribution is -0.114. The normalized spacial score (nSPS) is 9.53. The van der Waals surface area contributed by atoms with Crippen LogP contribution in [0, 0.1) is 0 Å². The second kappa shape index (κ2) is 5.79. The van der Waals surface area contributed by atoms with Crippen LogP contribution in [0.4, 0.5) is 5.69 Å². The van der Waals surface area contributed by atoms with E-state index in [-0.39, 0.29) is 18.1 Å². The van der Waals surface area contributed by atoms with E-state index < -0.39 is 0 Å². The Bertz CT molecular complexity index is 454. The SMILES string of the molecule is COc1ccc(C(=O)CC=O)cc1NC(C)=O. The highest BCUT2D eigenvalue weighted by Crippen LogP contribution is 2.25. The van der Waals surface area contributed by atoms with Crippen molar-refractivity contribution in [3.63, 3.8) is 0 Å². The minimum Gasteiger partial charge on any atom is -0.495 e. The van der Waals surface area contributed by atoms with E-state index >= 15 is 0 Å². The van der Waals surface area contributed by atoms with Crippen LogP contribution in [-0.4, -0.2) is 25.1 Å². The predicted octanol–water partition coefficient (Wildman–Crippen LogP) is 1.43. The fourth-order valence-electron chi connectivity index (χ4n) is 1.36. The minimum absolute atomic E-state index is 0.175. The van der Waals surface area contributed by atoms with E-state index in [2.05, 4.69) is 5.32 Å². The van der Waals surface area contributed by atoms with E-state index in [4.69, 9.17) is 4.74 Å². The Hall–Kier alpha value is -2.17. The second-order valence-corrected chi connectivity index (χ2v) is 3.39. The molecule has 0 aromatic heterocycles. The molecule has 0 radical (unpaired) electrons. The van der Waals surface area contributed by atoms with Crippen molar-refractivity contribution in [2.75, 3.05) is 12.4 Å². The Labute approximate surface area is 98.8 Å². The van der Waals surface area contributed by atoms with Gasteiger partial charge in [-0.3, -0.25) is 9.59 Å². The van der Waals surface area contributed by atoms with Crippen molar-refractivity contribution in [3.8, 4) is 5.75 Å². The summed E-state index contributed by atoms with van der Waals surface area (Å²) in [6, 6.07) is 4.62. The van der Waals surface area contributed by atoms with E-state index in [9.17, 15) is 14.4 Å². The second-order valence-electron chi connectivity index (χ2n) is 3.39. The van der Waals surface area contributed by atoms with Crippen LogP contribution in [0.25, 0.3) is 0 Å². The van der Waals surface area contributed by atoms with E-state index in [0.29, 0.717) is 23.3 Å². The Morgan fingerprint density at radius 3 is 2.65 bits per heavy atom. The van der Waals surface area contributed by atoms with E-state index in [1.807, 2.05) is 0 Å². The van der Waals surface area contributed by atoms with Crippen molar-refractivity contribution < 1.29 is 19.1 Å². The summed E-state index contributed by atoms with van der Waals surface area (Å²) in [5.74, 6) is -0.0969. The number of ether oxygens (including phenoxy) is 1. The van der Waals surface area contributed by atoms with Gasteiger partial charge in [0.2, 0.25) is 5.91 Å². The summed E-state index contributed by atoms with van der Waals surface area (Å²) in [4.78, 5) is 32.7. The molecule has 0 aliphatic rings. The molecule has 17 heavy (non-hydrogen) atoms. The first-order valence-electron chi connectivity index (χ1n) is 5.01. The molecule has 0 unspecified atom stereocenters. The number of amides is 1. The molecule has 0 spiro atoms. The first-order chi connectivity index (χ1) is 8.08. The van der Waals surface area contributed by atoms with Crippen molar-refractivity contribution in [2.45, 2.75) is 13.3 Å². The number of hydrogen-bond acceptors (Lipinski definition) is 4. The number of aldehydes is 1. The molecule has 1 aromatic rings. The zero-order chi connectivity index (χ0) is 12.8. The van der Waals surface area contributed by atoms with Gasteiger partial charge in [0.05, 0.1) is 19.2 Å². The number of hydrogen-bond donors (Lipinski definition) is 1. The molecule has 5 heteroatoms. The number of carbonyl (C=O) groups excluding carboxylic acids is 3. The topological polar surface area (TPSA) is 72.5 Å². The van der Waals surface area contributed by atoms with Gasteiger partial charge in [0.15, 0.2) is 5.78 Å². The van der Waals surface area contributed by atoms with Crippen LogP contribution >= 0.6 is 0 Å². The lowest BCUT2D eigenvalue weighted by atomic mass is 10.1. The van der Waals surface area contributed by atoms with Gasteiger partial charge in [-0.25, -0.2) is 0 Å². The third-order valence-electron chi connectivity index (χ3n) is 2.10. The van der Waals surface area contributed by atoms with Crippen LogP contribution in [0.15, 0.2) is 18.2 Å². The number of benzene rings is 1. The van der Waals surface area contributed by atoms with Gasteiger partial charge in [-0.05, 0) is 18.2 Å². The van der Waals surface area contributed by atoms with Crippen molar-refractivity contribution in [1.29, 1.82) is 0 Å². The molecule has 1 aromatic carbocycles. The molecule has 0 fully saturated rings. The first kappa shape index (κ1) is 12.9. The molecule has 0 bridgehead atoms. The Morgan fingerprint density at radius 2 is 2.12 bits per heavy atom. The molecular formula is C12H13NO4. The molecular weight excluding hydrogens is 222 g/mol. The van der Waals surface area contributed by atoms with Gasteiger partial charge in [0.25, 0.3) is 0 Å². The molecule has 1 N–H and O–H groups in total. The highest BCUT2D eigenvalue weighted by Gasteiger charge is 2.10. The fraction of sp³-hybridized carbons (Fsp3) is 0.250. The number of anilines is 1. The van der Waals surface area contributed by atoms with Crippen LogP contribution in [-0.2, 0) is 9.59 Å².